The first kappa shape index (κ1) is 13.5. The second-order valence-electron chi connectivity index (χ2n) is 3.97. The summed E-state index contributed by atoms with van der Waals surface area (Å²) in [4.78, 5) is 0. The van der Waals surface area contributed by atoms with E-state index in [1.54, 1.807) is 0 Å². The first-order valence-corrected chi connectivity index (χ1v) is 4.89. The van der Waals surface area contributed by atoms with Gasteiger partial charge in [0, 0.05) is 12.6 Å². The molecule has 2 heteroatoms. The molecule has 1 aromatic carbocycles. The molecule has 1 nitrogen and oxygen atoms in total. The zero-order valence-electron chi connectivity index (χ0n) is 9.42. The maximum Gasteiger partial charge on any atom is 0.0210 e. The van der Waals surface area contributed by atoms with Crippen molar-refractivity contribution in [2.24, 2.45) is 0 Å². The third kappa shape index (κ3) is 4.12. The van der Waals surface area contributed by atoms with Gasteiger partial charge in [-0.3, -0.25) is 0 Å². The lowest BCUT2D eigenvalue weighted by Gasteiger charge is -2.10. The Hall–Kier alpha value is -0.530. The van der Waals surface area contributed by atoms with Crippen LogP contribution in [0.2, 0.25) is 0 Å². The Morgan fingerprint density at radius 1 is 1.21 bits per heavy atom. The van der Waals surface area contributed by atoms with Gasteiger partial charge >= 0.3 is 0 Å². The zero-order valence-corrected chi connectivity index (χ0v) is 10.2. The van der Waals surface area contributed by atoms with Gasteiger partial charge in [-0.1, -0.05) is 37.6 Å². The summed E-state index contributed by atoms with van der Waals surface area (Å²) < 4.78 is 0. The summed E-state index contributed by atoms with van der Waals surface area (Å²) in [5.41, 5.74) is 4.12. The number of hydrogen-bond donors (Lipinski definition) is 1. The van der Waals surface area contributed by atoms with Crippen LogP contribution < -0.4 is 5.32 Å². The molecule has 1 rings (SSSR count). The van der Waals surface area contributed by atoms with Gasteiger partial charge in [-0.2, -0.15) is 0 Å². The van der Waals surface area contributed by atoms with Gasteiger partial charge in [-0.05, 0) is 25.0 Å². The SMILES string of the molecule is Cc1ccc(CNC(C)C)c(C)c1.Cl. The molecule has 0 aliphatic carbocycles. The normalized spacial score (nSPS) is 10.1. The van der Waals surface area contributed by atoms with Crippen LogP contribution in [0.1, 0.15) is 30.5 Å². The molecule has 0 aliphatic heterocycles. The van der Waals surface area contributed by atoms with Crippen LogP contribution in [-0.4, -0.2) is 6.04 Å². The van der Waals surface area contributed by atoms with Gasteiger partial charge in [0.25, 0.3) is 0 Å². The van der Waals surface area contributed by atoms with Gasteiger partial charge in [-0.15, -0.1) is 12.4 Å². The van der Waals surface area contributed by atoms with E-state index in [-0.39, 0.29) is 12.4 Å². The maximum absolute atomic E-state index is 3.42. The Morgan fingerprint density at radius 2 is 1.86 bits per heavy atom. The molecule has 0 fully saturated rings. The molecule has 80 valence electrons. The highest BCUT2D eigenvalue weighted by molar-refractivity contribution is 5.85. The molecule has 0 amide bonds. The van der Waals surface area contributed by atoms with E-state index in [1.807, 2.05) is 0 Å². The first-order valence-electron chi connectivity index (χ1n) is 4.89. The highest BCUT2D eigenvalue weighted by Gasteiger charge is 1.98. The van der Waals surface area contributed by atoms with Gasteiger partial charge in [0.15, 0.2) is 0 Å². The van der Waals surface area contributed by atoms with Gasteiger partial charge in [0.1, 0.15) is 0 Å². The Kier molecular flexibility index (Phi) is 5.82. The van der Waals surface area contributed by atoms with Crippen LogP contribution in [0.4, 0.5) is 0 Å². The van der Waals surface area contributed by atoms with E-state index in [1.165, 1.54) is 16.7 Å². The molecule has 0 heterocycles. The fourth-order valence-corrected chi connectivity index (χ4v) is 1.36. The largest absolute Gasteiger partial charge is 0.310 e. The minimum absolute atomic E-state index is 0. The number of halogens is 1. The predicted molar refractivity (Wildman–Crippen MR) is 65.1 cm³/mol. The molecule has 14 heavy (non-hydrogen) atoms. The Bertz CT molecular complexity index is 282. The van der Waals surface area contributed by atoms with E-state index in [2.05, 4.69) is 51.2 Å². The lowest BCUT2D eigenvalue weighted by atomic mass is 10.1. The average molecular weight is 214 g/mol. The van der Waals surface area contributed by atoms with Crippen molar-refractivity contribution in [2.75, 3.05) is 0 Å². The number of hydrogen-bond acceptors (Lipinski definition) is 1. The molecule has 0 spiro atoms. The molecule has 0 radical (unpaired) electrons. The van der Waals surface area contributed by atoms with Crippen molar-refractivity contribution in [3.05, 3.63) is 34.9 Å². The minimum Gasteiger partial charge on any atom is -0.310 e. The summed E-state index contributed by atoms with van der Waals surface area (Å²) in [6.45, 7) is 9.62. The Balaban J connectivity index is 0.00000169. The highest BCUT2D eigenvalue weighted by Crippen LogP contribution is 2.10. The lowest BCUT2D eigenvalue weighted by molar-refractivity contribution is 0.587. The molecular weight excluding hydrogens is 194 g/mol. The van der Waals surface area contributed by atoms with Crippen LogP contribution in [0.5, 0.6) is 0 Å². The van der Waals surface area contributed by atoms with Gasteiger partial charge in [0.2, 0.25) is 0 Å². The van der Waals surface area contributed by atoms with Crippen molar-refractivity contribution >= 4 is 12.4 Å². The van der Waals surface area contributed by atoms with E-state index in [0.717, 1.165) is 6.54 Å². The molecule has 0 aromatic heterocycles. The van der Waals surface area contributed by atoms with Gasteiger partial charge in [-0.25, -0.2) is 0 Å². The number of aryl methyl sites for hydroxylation is 2. The molecule has 0 saturated heterocycles. The molecular formula is C12H20ClN. The first-order chi connectivity index (χ1) is 6.09. The maximum atomic E-state index is 3.42. The molecule has 0 atom stereocenters. The van der Waals surface area contributed by atoms with Gasteiger partial charge < -0.3 is 5.32 Å². The average Bonchev–Trinajstić information content (AvgIpc) is 2.02. The third-order valence-electron chi connectivity index (χ3n) is 2.20. The standard InChI is InChI=1S/C12H19N.ClH/c1-9(2)13-8-12-6-5-10(3)7-11(12)4;/h5-7,9,13H,8H2,1-4H3;1H. The van der Waals surface area contributed by atoms with E-state index < -0.39 is 0 Å². The third-order valence-corrected chi connectivity index (χ3v) is 2.20. The highest BCUT2D eigenvalue weighted by atomic mass is 35.5. The summed E-state index contributed by atoms with van der Waals surface area (Å²) in [7, 11) is 0. The van der Waals surface area contributed by atoms with Crippen molar-refractivity contribution in [3.8, 4) is 0 Å². The molecule has 0 aliphatic rings. The van der Waals surface area contributed by atoms with Crippen molar-refractivity contribution in [1.82, 2.24) is 5.32 Å². The fourth-order valence-electron chi connectivity index (χ4n) is 1.36. The van der Waals surface area contributed by atoms with Crippen LogP contribution in [-0.2, 0) is 6.54 Å². The van der Waals surface area contributed by atoms with Crippen LogP contribution in [0.3, 0.4) is 0 Å². The van der Waals surface area contributed by atoms with Crippen LogP contribution in [0, 0.1) is 13.8 Å². The van der Waals surface area contributed by atoms with E-state index in [0.29, 0.717) is 6.04 Å². The lowest BCUT2D eigenvalue weighted by Crippen LogP contribution is -2.22. The van der Waals surface area contributed by atoms with E-state index in [9.17, 15) is 0 Å². The summed E-state index contributed by atoms with van der Waals surface area (Å²) >= 11 is 0. The van der Waals surface area contributed by atoms with Crippen molar-refractivity contribution in [1.29, 1.82) is 0 Å². The smallest absolute Gasteiger partial charge is 0.0210 e. The molecule has 0 unspecified atom stereocenters. The molecule has 0 bridgehead atoms. The van der Waals surface area contributed by atoms with Crippen molar-refractivity contribution in [2.45, 2.75) is 40.3 Å². The topological polar surface area (TPSA) is 12.0 Å². The van der Waals surface area contributed by atoms with Crippen molar-refractivity contribution in [3.63, 3.8) is 0 Å². The Morgan fingerprint density at radius 3 is 2.36 bits per heavy atom. The second-order valence-corrected chi connectivity index (χ2v) is 3.97. The monoisotopic (exact) mass is 213 g/mol. The van der Waals surface area contributed by atoms with E-state index in [4.69, 9.17) is 0 Å². The van der Waals surface area contributed by atoms with Crippen molar-refractivity contribution < 1.29 is 0 Å². The summed E-state index contributed by atoms with van der Waals surface area (Å²) in [6, 6.07) is 7.17. The van der Waals surface area contributed by atoms with Crippen LogP contribution in [0.25, 0.3) is 0 Å². The quantitative estimate of drug-likeness (QED) is 0.813. The number of benzene rings is 1. The van der Waals surface area contributed by atoms with Crippen LogP contribution >= 0.6 is 12.4 Å². The van der Waals surface area contributed by atoms with Crippen LogP contribution in [0.15, 0.2) is 18.2 Å². The zero-order chi connectivity index (χ0) is 9.84. The van der Waals surface area contributed by atoms with Gasteiger partial charge in [0.05, 0.1) is 0 Å². The minimum atomic E-state index is 0. The Labute approximate surface area is 93.3 Å². The summed E-state index contributed by atoms with van der Waals surface area (Å²) in [6.07, 6.45) is 0. The molecule has 0 saturated carbocycles. The fraction of sp³-hybridized carbons (Fsp3) is 0.500. The summed E-state index contributed by atoms with van der Waals surface area (Å²) in [5, 5.41) is 3.42. The second kappa shape index (κ2) is 6.05. The molecule has 1 aromatic rings. The number of rotatable bonds is 3. The summed E-state index contributed by atoms with van der Waals surface area (Å²) in [5.74, 6) is 0. The predicted octanol–water partition coefficient (Wildman–Crippen LogP) is 3.22. The van der Waals surface area contributed by atoms with E-state index >= 15 is 0 Å². The number of nitrogens with one attached hydrogen (secondary N) is 1. The molecule has 1 N–H and O–H groups in total.